The van der Waals surface area contributed by atoms with E-state index in [1.165, 1.54) is 48.4 Å². The third-order valence-electron chi connectivity index (χ3n) is 12.4. The molecule has 8 atom stereocenters. The van der Waals surface area contributed by atoms with Crippen molar-refractivity contribution in [2.75, 3.05) is 0 Å². The van der Waals surface area contributed by atoms with Crippen molar-refractivity contribution < 1.29 is 19.2 Å². The van der Waals surface area contributed by atoms with Gasteiger partial charge in [-0.05, 0) is 49.4 Å². The third-order valence-corrected chi connectivity index (χ3v) is 15.0. The Balaban J connectivity index is 1.02. The van der Waals surface area contributed by atoms with Crippen LogP contribution in [0.5, 0.6) is 0 Å². The van der Waals surface area contributed by atoms with E-state index in [2.05, 4.69) is 18.7 Å². The van der Waals surface area contributed by atoms with Crippen LogP contribution in [0.25, 0.3) is 31.5 Å². The molecule has 13 heteroatoms. The number of benzene rings is 1. The Morgan fingerprint density at radius 2 is 0.830 bits per heavy atom. The van der Waals surface area contributed by atoms with Crippen molar-refractivity contribution in [1.29, 1.82) is 0 Å². The number of carbonyl (C=O) groups is 4. The Morgan fingerprint density at radius 1 is 0.489 bits per heavy atom. The molecule has 6 saturated carbocycles. The minimum Gasteiger partial charge on any atom is -0.292 e. The summed E-state index contributed by atoms with van der Waals surface area (Å²) in [5.74, 6) is 0.604. The molecule has 8 unspecified atom stereocenters. The highest BCUT2D eigenvalue weighted by Crippen LogP contribution is 2.51. The molecule has 4 aromatic rings. The molecule has 0 N–H and O–H groups in total. The lowest BCUT2D eigenvalue weighted by Gasteiger charge is -2.39. The molecule has 0 spiro atoms. The summed E-state index contributed by atoms with van der Waals surface area (Å²) in [6.45, 7) is 0. The minimum absolute atomic E-state index is 0.0394. The van der Waals surface area contributed by atoms with Gasteiger partial charge in [0, 0.05) is 23.7 Å². The van der Waals surface area contributed by atoms with Crippen molar-refractivity contribution in [2.45, 2.75) is 77.0 Å². The van der Waals surface area contributed by atoms with Crippen LogP contribution in [0.1, 0.15) is 77.0 Å². The summed E-state index contributed by atoms with van der Waals surface area (Å²) in [4.78, 5) is 73.0. The predicted octanol–water partition coefficient (Wildman–Crippen LogP) is 7.02. The molecule has 0 saturated heterocycles. The number of aliphatic imine (C=N–C) groups is 2. The van der Waals surface area contributed by atoms with Crippen LogP contribution in [-0.2, 0) is 19.2 Å². The van der Waals surface area contributed by atoms with Gasteiger partial charge >= 0.3 is 0 Å². The van der Waals surface area contributed by atoms with Crippen LogP contribution in [0, 0.1) is 47.3 Å². The van der Waals surface area contributed by atoms with Crippen LogP contribution in [0.2, 0.25) is 0 Å². The Bertz CT molecular complexity index is 1910. The normalized spacial score (nSPS) is 33.9. The predicted molar refractivity (Wildman–Crippen MR) is 181 cm³/mol. The van der Waals surface area contributed by atoms with Crippen LogP contribution >= 0.6 is 34.4 Å². The zero-order valence-electron chi connectivity index (χ0n) is 25.6. The zero-order chi connectivity index (χ0) is 31.6. The van der Waals surface area contributed by atoms with E-state index < -0.39 is 0 Å². The average molecular weight is 685 g/mol. The van der Waals surface area contributed by atoms with Crippen LogP contribution in [-0.4, -0.2) is 53.3 Å². The fourth-order valence-electron chi connectivity index (χ4n) is 10.1. The van der Waals surface area contributed by atoms with Gasteiger partial charge in [-0.2, -0.15) is 8.75 Å². The monoisotopic (exact) mass is 684 g/mol. The van der Waals surface area contributed by atoms with Crippen molar-refractivity contribution in [1.82, 2.24) is 18.7 Å². The Morgan fingerprint density at radius 3 is 1.17 bits per heavy atom. The molecule has 6 fully saturated rings. The van der Waals surface area contributed by atoms with Crippen molar-refractivity contribution in [3.63, 3.8) is 0 Å². The fourth-order valence-corrected chi connectivity index (χ4v) is 12.7. The Hall–Kier alpha value is -3.16. The minimum atomic E-state index is -0.256. The van der Waals surface area contributed by atoms with Gasteiger partial charge in [0.15, 0.2) is 34.6 Å². The van der Waals surface area contributed by atoms with Crippen LogP contribution in [0.4, 0.5) is 10.3 Å². The Kier molecular flexibility index (Phi) is 6.54. The van der Waals surface area contributed by atoms with Gasteiger partial charge in [-0.25, -0.2) is 20.0 Å². The van der Waals surface area contributed by atoms with Crippen molar-refractivity contribution in [3.05, 3.63) is 0 Å². The van der Waals surface area contributed by atoms with E-state index in [1.807, 2.05) is 0 Å². The van der Waals surface area contributed by atoms with Gasteiger partial charge in [-0.15, -0.1) is 0 Å². The van der Waals surface area contributed by atoms with E-state index in [4.69, 9.17) is 9.97 Å². The van der Waals surface area contributed by atoms with Gasteiger partial charge in [0.05, 0.1) is 21.1 Å². The molecule has 1 aromatic carbocycles. The SMILES string of the molecule is O=C1C(=Nc2nc3c4nsnc4c4nc(N=C5C(=O)C6CC7CCCCC7CC6C5=O)sc4c3s2)C(=O)C2CC3CCCCC3CC12. The number of hydrogen-bond acceptors (Lipinski definition) is 13. The number of ketones is 4. The number of fused-ring (bicyclic) bond motifs is 10. The second kappa shape index (κ2) is 10.7. The lowest BCUT2D eigenvalue weighted by atomic mass is 9.64. The first-order valence-corrected chi connectivity index (χ1v) is 19.5. The first-order valence-electron chi connectivity index (χ1n) is 17.1. The maximum absolute atomic E-state index is 13.5. The van der Waals surface area contributed by atoms with E-state index in [-0.39, 0.29) is 58.2 Å². The first kappa shape index (κ1) is 28.8. The van der Waals surface area contributed by atoms with Gasteiger partial charge in [0.1, 0.15) is 22.1 Å². The summed E-state index contributed by atoms with van der Waals surface area (Å²) in [7, 11) is 0. The number of nitrogens with zero attached hydrogens (tertiary/aromatic N) is 6. The van der Waals surface area contributed by atoms with Gasteiger partial charge in [-0.1, -0.05) is 74.0 Å². The number of carbonyl (C=O) groups excluding carboxylic acids is 4. The molecule has 0 aliphatic heterocycles. The largest absolute Gasteiger partial charge is 0.292 e. The molecule has 0 amide bonds. The van der Waals surface area contributed by atoms with Crippen molar-refractivity contribution >= 4 is 111 Å². The van der Waals surface area contributed by atoms with Gasteiger partial charge < -0.3 is 0 Å². The van der Waals surface area contributed by atoms with E-state index in [0.717, 1.165) is 72.5 Å². The highest BCUT2D eigenvalue weighted by atomic mass is 32.1. The van der Waals surface area contributed by atoms with E-state index in [9.17, 15) is 19.2 Å². The topological polar surface area (TPSA) is 145 Å². The standard InChI is InChI=1S/C34H32N6O4S3/c41-27-17-9-13-5-1-2-6-14(13)10-18(17)28(42)25(27)37-33-35-23-21-22(40-47-39-21)24-32(31(23)45-33)46-34(36-24)38-26-29(43)19-11-15-7-3-4-8-16(15)12-20(19)30(26)44/h13-20H,1-12H2. The quantitative estimate of drug-likeness (QED) is 0.219. The average Bonchev–Trinajstić information content (AvgIpc) is 3.90. The maximum atomic E-state index is 13.5. The number of Topliss-reactive ketones (excluding diaryl/α,β-unsaturated/α-hetero) is 4. The van der Waals surface area contributed by atoms with Gasteiger partial charge in [0.2, 0.25) is 10.3 Å². The number of thiazole rings is 2. The second-order valence-electron chi connectivity index (χ2n) is 14.7. The van der Waals surface area contributed by atoms with Crippen LogP contribution < -0.4 is 0 Å². The second-order valence-corrected chi connectivity index (χ2v) is 17.1. The highest BCUT2D eigenvalue weighted by molar-refractivity contribution is 7.30. The first-order chi connectivity index (χ1) is 22.9. The third kappa shape index (κ3) is 4.30. The molecule has 10 nitrogen and oxygen atoms in total. The highest BCUT2D eigenvalue weighted by Gasteiger charge is 2.53. The molecule has 0 bridgehead atoms. The maximum Gasteiger partial charge on any atom is 0.211 e. The summed E-state index contributed by atoms with van der Waals surface area (Å²) in [6.07, 6.45) is 12.6. The van der Waals surface area contributed by atoms with Crippen molar-refractivity contribution in [3.8, 4) is 0 Å². The molecule has 10 rings (SSSR count). The van der Waals surface area contributed by atoms with Crippen LogP contribution in [0.3, 0.4) is 0 Å². The summed E-state index contributed by atoms with van der Waals surface area (Å²) < 4.78 is 10.6. The summed E-state index contributed by atoms with van der Waals surface area (Å²) in [5, 5.41) is 0.671. The molecule has 6 aliphatic carbocycles. The summed E-state index contributed by atoms with van der Waals surface area (Å²) >= 11 is 3.65. The molecular weight excluding hydrogens is 653 g/mol. The zero-order valence-corrected chi connectivity index (χ0v) is 28.1. The number of hydrogen-bond donors (Lipinski definition) is 0. The smallest absolute Gasteiger partial charge is 0.211 e. The molecule has 3 aromatic heterocycles. The van der Waals surface area contributed by atoms with E-state index in [0.29, 0.717) is 56.0 Å². The molecule has 0 radical (unpaired) electrons. The summed E-state index contributed by atoms with van der Waals surface area (Å²) in [6, 6.07) is 0. The molecule has 240 valence electrons. The van der Waals surface area contributed by atoms with E-state index in [1.54, 1.807) is 0 Å². The lowest BCUT2D eigenvalue weighted by molar-refractivity contribution is -0.123. The van der Waals surface area contributed by atoms with Gasteiger partial charge in [-0.3, -0.25) is 19.2 Å². The Labute approximate surface area is 281 Å². The van der Waals surface area contributed by atoms with Gasteiger partial charge in [0.25, 0.3) is 0 Å². The molecule has 6 aliphatic rings. The fraction of sp³-hybridized carbons (Fsp3) is 0.588. The number of aromatic nitrogens is 4. The number of rotatable bonds is 2. The molecular formula is C34H32N6O4S3. The lowest BCUT2D eigenvalue weighted by Crippen LogP contribution is -2.35. The molecule has 47 heavy (non-hydrogen) atoms. The molecule has 3 heterocycles. The van der Waals surface area contributed by atoms with Crippen molar-refractivity contribution in [2.24, 2.45) is 57.3 Å². The van der Waals surface area contributed by atoms with E-state index >= 15 is 0 Å². The summed E-state index contributed by atoms with van der Waals surface area (Å²) in [5.41, 5.74) is 2.42. The van der Waals surface area contributed by atoms with Crippen LogP contribution in [0.15, 0.2) is 9.98 Å².